The van der Waals surface area contributed by atoms with Crippen LogP contribution in [0.4, 0.5) is 0 Å². The molecule has 0 aliphatic carbocycles. The third-order valence-corrected chi connectivity index (χ3v) is 2.92. The number of carbonyl (C=O) groups is 1. The van der Waals surface area contributed by atoms with E-state index in [9.17, 15) is 15.0 Å². The molecule has 0 unspecified atom stereocenters. The Morgan fingerprint density at radius 2 is 2.05 bits per heavy atom. The Hall–Kier alpha value is -2.43. The number of carbonyl (C=O) groups excluding carboxylic acids is 1. The van der Waals surface area contributed by atoms with E-state index in [2.05, 4.69) is 5.32 Å². The zero-order valence-corrected chi connectivity index (χ0v) is 10.6. The van der Waals surface area contributed by atoms with Crippen molar-refractivity contribution in [2.75, 3.05) is 6.54 Å². The number of rotatable bonds is 4. The monoisotopic (exact) mass is 260 g/mol. The predicted octanol–water partition coefficient (Wildman–Crippen LogP) is 1.41. The maximum absolute atomic E-state index is 11.8. The van der Waals surface area contributed by atoms with Crippen molar-refractivity contribution in [2.45, 2.75) is 6.42 Å². The second kappa shape index (κ2) is 5.48. The number of aromatic nitrogens is 1. The molecular formula is C14H16N2O3. The van der Waals surface area contributed by atoms with Gasteiger partial charge in [-0.15, -0.1) is 0 Å². The van der Waals surface area contributed by atoms with Gasteiger partial charge in [-0.3, -0.25) is 4.79 Å². The first-order chi connectivity index (χ1) is 9.08. The number of phenolic OH excluding ortho intramolecular Hbond substituents is 2. The van der Waals surface area contributed by atoms with E-state index in [4.69, 9.17) is 0 Å². The molecule has 2 aromatic rings. The highest BCUT2D eigenvalue weighted by Crippen LogP contribution is 2.24. The highest BCUT2D eigenvalue weighted by molar-refractivity contribution is 5.92. The van der Waals surface area contributed by atoms with Crippen molar-refractivity contribution in [3.05, 3.63) is 47.8 Å². The van der Waals surface area contributed by atoms with Crippen LogP contribution in [-0.4, -0.2) is 27.2 Å². The highest BCUT2D eigenvalue weighted by Gasteiger charge is 2.08. The molecule has 5 heteroatoms. The van der Waals surface area contributed by atoms with E-state index in [1.807, 2.05) is 19.3 Å². The normalized spacial score (nSPS) is 10.4. The molecule has 1 aromatic carbocycles. The van der Waals surface area contributed by atoms with E-state index < -0.39 is 0 Å². The average molecular weight is 260 g/mol. The molecule has 0 fully saturated rings. The summed E-state index contributed by atoms with van der Waals surface area (Å²) in [5, 5.41) is 21.3. The summed E-state index contributed by atoms with van der Waals surface area (Å²) in [6.07, 6.45) is 2.40. The first-order valence-electron chi connectivity index (χ1n) is 5.98. The largest absolute Gasteiger partial charge is 0.504 e. The number of phenols is 2. The Labute approximate surface area is 111 Å². The van der Waals surface area contributed by atoms with Gasteiger partial charge in [0.2, 0.25) is 0 Å². The van der Waals surface area contributed by atoms with Gasteiger partial charge in [0.1, 0.15) is 5.69 Å². The quantitative estimate of drug-likeness (QED) is 0.728. The Morgan fingerprint density at radius 3 is 2.68 bits per heavy atom. The van der Waals surface area contributed by atoms with Crippen molar-refractivity contribution < 1.29 is 15.0 Å². The fraction of sp³-hybridized carbons (Fsp3) is 0.214. The minimum Gasteiger partial charge on any atom is -0.504 e. The number of hydrogen-bond donors (Lipinski definition) is 3. The van der Waals surface area contributed by atoms with Gasteiger partial charge in [0.15, 0.2) is 11.5 Å². The van der Waals surface area contributed by atoms with Crippen LogP contribution in [0.3, 0.4) is 0 Å². The SMILES string of the molecule is Cn1cccc1C(=O)NCCc1ccc(O)c(O)c1. The second-order valence-electron chi connectivity index (χ2n) is 4.33. The Bertz CT molecular complexity index is 590. The van der Waals surface area contributed by atoms with Crippen LogP contribution in [0.15, 0.2) is 36.5 Å². The summed E-state index contributed by atoms with van der Waals surface area (Å²) in [6.45, 7) is 0.466. The number of nitrogens with one attached hydrogen (secondary N) is 1. The molecule has 0 atom stereocenters. The van der Waals surface area contributed by atoms with Crippen molar-refractivity contribution >= 4 is 5.91 Å². The molecule has 0 spiro atoms. The van der Waals surface area contributed by atoms with Crippen molar-refractivity contribution in [1.82, 2.24) is 9.88 Å². The molecule has 0 saturated carbocycles. The molecule has 0 saturated heterocycles. The summed E-state index contributed by atoms with van der Waals surface area (Å²) in [4.78, 5) is 11.8. The summed E-state index contributed by atoms with van der Waals surface area (Å²) in [5.41, 5.74) is 1.45. The molecule has 0 aliphatic heterocycles. The molecule has 0 aliphatic rings. The van der Waals surface area contributed by atoms with Gasteiger partial charge in [-0.1, -0.05) is 6.07 Å². The fourth-order valence-corrected chi connectivity index (χ4v) is 1.83. The fourth-order valence-electron chi connectivity index (χ4n) is 1.83. The molecule has 19 heavy (non-hydrogen) atoms. The van der Waals surface area contributed by atoms with Crippen molar-refractivity contribution in [1.29, 1.82) is 0 Å². The number of amides is 1. The number of aromatic hydroxyl groups is 2. The van der Waals surface area contributed by atoms with E-state index in [0.717, 1.165) is 5.56 Å². The second-order valence-corrected chi connectivity index (χ2v) is 4.33. The van der Waals surface area contributed by atoms with Crippen molar-refractivity contribution in [3.8, 4) is 11.5 Å². The Balaban J connectivity index is 1.88. The van der Waals surface area contributed by atoms with Crippen molar-refractivity contribution in [2.24, 2.45) is 7.05 Å². The standard InChI is InChI=1S/C14H16N2O3/c1-16-8-2-3-11(16)14(19)15-7-6-10-4-5-12(17)13(18)9-10/h2-5,8-9,17-18H,6-7H2,1H3,(H,15,19). The Kier molecular flexibility index (Phi) is 3.75. The van der Waals surface area contributed by atoms with Crippen LogP contribution in [0.25, 0.3) is 0 Å². The average Bonchev–Trinajstić information content (AvgIpc) is 2.80. The Morgan fingerprint density at radius 1 is 1.26 bits per heavy atom. The first kappa shape index (κ1) is 13.0. The van der Waals surface area contributed by atoms with E-state index in [-0.39, 0.29) is 17.4 Å². The van der Waals surface area contributed by atoms with Gasteiger partial charge in [-0.25, -0.2) is 0 Å². The van der Waals surface area contributed by atoms with Crippen LogP contribution in [0.5, 0.6) is 11.5 Å². The maximum atomic E-state index is 11.8. The lowest BCUT2D eigenvalue weighted by molar-refractivity contribution is 0.0946. The lowest BCUT2D eigenvalue weighted by Gasteiger charge is -2.07. The van der Waals surface area contributed by atoms with Crippen LogP contribution in [0, 0.1) is 0 Å². The molecule has 1 amide bonds. The molecule has 3 N–H and O–H groups in total. The molecule has 0 bridgehead atoms. The van der Waals surface area contributed by atoms with E-state index in [1.165, 1.54) is 12.1 Å². The highest BCUT2D eigenvalue weighted by atomic mass is 16.3. The van der Waals surface area contributed by atoms with E-state index >= 15 is 0 Å². The molecule has 1 heterocycles. The number of benzene rings is 1. The zero-order chi connectivity index (χ0) is 13.8. The van der Waals surface area contributed by atoms with Gasteiger partial charge in [-0.2, -0.15) is 0 Å². The zero-order valence-electron chi connectivity index (χ0n) is 10.6. The van der Waals surface area contributed by atoms with Gasteiger partial charge in [-0.05, 0) is 36.2 Å². The lowest BCUT2D eigenvalue weighted by Crippen LogP contribution is -2.27. The summed E-state index contributed by atoms with van der Waals surface area (Å²) < 4.78 is 1.75. The van der Waals surface area contributed by atoms with Gasteiger partial charge in [0.25, 0.3) is 5.91 Å². The van der Waals surface area contributed by atoms with Gasteiger partial charge >= 0.3 is 0 Å². The number of hydrogen-bond acceptors (Lipinski definition) is 3. The molecule has 5 nitrogen and oxygen atoms in total. The minimum atomic E-state index is -0.147. The molecule has 0 radical (unpaired) electrons. The predicted molar refractivity (Wildman–Crippen MR) is 71.2 cm³/mol. The summed E-state index contributed by atoms with van der Waals surface area (Å²) in [7, 11) is 1.81. The third kappa shape index (κ3) is 3.07. The molecule has 100 valence electrons. The van der Waals surface area contributed by atoms with E-state index in [1.54, 1.807) is 16.7 Å². The maximum Gasteiger partial charge on any atom is 0.267 e. The number of aryl methyl sites for hydroxylation is 1. The first-order valence-corrected chi connectivity index (χ1v) is 5.98. The number of nitrogens with zero attached hydrogens (tertiary/aromatic N) is 1. The summed E-state index contributed by atoms with van der Waals surface area (Å²) in [6, 6.07) is 8.20. The van der Waals surface area contributed by atoms with Crippen LogP contribution in [0.1, 0.15) is 16.1 Å². The van der Waals surface area contributed by atoms with Gasteiger partial charge in [0.05, 0.1) is 0 Å². The van der Waals surface area contributed by atoms with Crippen LogP contribution < -0.4 is 5.32 Å². The molecule has 1 aromatic heterocycles. The summed E-state index contributed by atoms with van der Waals surface area (Å²) >= 11 is 0. The smallest absolute Gasteiger partial charge is 0.267 e. The van der Waals surface area contributed by atoms with Crippen LogP contribution in [0.2, 0.25) is 0 Å². The van der Waals surface area contributed by atoms with Crippen LogP contribution in [-0.2, 0) is 13.5 Å². The van der Waals surface area contributed by atoms with E-state index in [0.29, 0.717) is 18.7 Å². The van der Waals surface area contributed by atoms with Crippen LogP contribution >= 0.6 is 0 Å². The molecular weight excluding hydrogens is 244 g/mol. The van der Waals surface area contributed by atoms with Crippen molar-refractivity contribution in [3.63, 3.8) is 0 Å². The lowest BCUT2D eigenvalue weighted by atomic mass is 10.1. The summed E-state index contributed by atoms with van der Waals surface area (Å²) in [5.74, 6) is -0.418. The molecule has 2 rings (SSSR count). The minimum absolute atomic E-state index is 0.129. The third-order valence-electron chi connectivity index (χ3n) is 2.92. The van der Waals surface area contributed by atoms with Gasteiger partial charge in [0, 0.05) is 19.8 Å². The van der Waals surface area contributed by atoms with Gasteiger partial charge < -0.3 is 20.1 Å². The topological polar surface area (TPSA) is 74.5 Å².